The molecule has 0 aliphatic rings. The van der Waals surface area contributed by atoms with Crippen LogP contribution in [0.4, 0.5) is 0 Å². The molecule has 0 amide bonds. The van der Waals surface area contributed by atoms with Crippen molar-refractivity contribution in [3.8, 4) is 0 Å². The van der Waals surface area contributed by atoms with E-state index in [2.05, 4.69) is 34.4 Å². The van der Waals surface area contributed by atoms with Crippen molar-refractivity contribution in [2.75, 3.05) is 20.6 Å². The number of H-pyrrole nitrogens is 1. The summed E-state index contributed by atoms with van der Waals surface area (Å²) in [5.74, 6) is 0. The van der Waals surface area contributed by atoms with E-state index in [1.807, 2.05) is 0 Å². The summed E-state index contributed by atoms with van der Waals surface area (Å²) in [4.78, 5) is 2.17. The Hall–Kier alpha value is -0.900. The molecule has 1 N–H and O–H groups in total. The predicted octanol–water partition coefficient (Wildman–Crippen LogP) is 0.299. The van der Waals surface area contributed by atoms with Gasteiger partial charge in [-0.2, -0.15) is 15.4 Å². The van der Waals surface area contributed by atoms with Crippen LogP contribution in [0.5, 0.6) is 0 Å². The second kappa shape index (κ2) is 4.08. The Labute approximate surface area is 66.6 Å². The van der Waals surface area contributed by atoms with Gasteiger partial charge in [-0.3, -0.25) is 0 Å². The van der Waals surface area contributed by atoms with E-state index < -0.39 is 0 Å². The zero-order valence-corrected chi connectivity index (χ0v) is 7.04. The van der Waals surface area contributed by atoms with Crippen molar-refractivity contribution in [1.82, 2.24) is 20.3 Å². The molecule has 0 saturated carbocycles. The predicted molar refractivity (Wildman–Crippen MR) is 43.3 cm³/mol. The van der Waals surface area contributed by atoms with Gasteiger partial charge in [0, 0.05) is 0 Å². The van der Waals surface area contributed by atoms with Crippen LogP contribution < -0.4 is 0 Å². The highest BCUT2D eigenvalue weighted by Crippen LogP contribution is 1.95. The van der Waals surface area contributed by atoms with Gasteiger partial charge in [0.05, 0.1) is 11.9 Å². The molecule has 62 valence electrons. The smallest absolute Gasteiger partial charge is 0.0825 e. The number of nitrogens with one attached hydrogen (secondary N) is 1. The Balaban J connectivity index is 2.14. The zero-order chi connectivity index (χ0) is 8.10. The van der Waals surface area contributed by atoms with Crippen molar-refractivity contribution in [3.05, 3.63) is 11.9 Å². The molecule has 1 aromatic rings. The topological polar surface area (TPSA) is 44.8 Å². The Bertz CT molecular complexity index is 180. The quantitative estimate of drug-likeness (QED) is 0.678. The molecule has 0 atom stereocenters. The van der Waals surface area contributed by atoms with E-state index in [1.165, 1.54) is 0 Å². The van der Waals surface area contributed by atoms with Crippen LogP contribution in [0.1, 0.15) is 12.1 Å². The van der Waals surface area contributed by atoms with Gasteiger partial charge in [-0.25, -0.2) is 0 Å². The Kier molecular flexibility index (Phi) is 3.04. The number of aromatic nitrogens is 3. The van der Waals surface area contributed by atoms with Crippen LogP contribution in [0.3, 0.4) is 0 Å². The van der Waals surface area contributed by atoms with Gasteiger partial charge in [-0.1, -0.05) is 0 Å². The third kappa shape index (κ3) is 3.13. The average molecular weight is 154 g/mol. The highest BCUT2D eigenvalue weighted by atomic mass is 15.3. The van der Waals surface area contributed by atoms with E-state index in [0.29, 0.717) is 0 Å². The molecule has 0 aliphatic heterocycles. The second-order valence-electron chi connectivity index (χ2n) is 2.87. The van der Waals surface area contributed by atoms with Crippen LogP contribution >= 0.6 is 0 Å². The first-order valence-corrected chi connectivity index (χ1v) is 3.78. The van der Waals surface area contributed by atoms with Crippen molar-refractivity contribution in [2.45, 2.75) is 12.8 Å². The lowest BCUT2D eigenvalue weighted by Crippen LogP contribution is -2.13. The van der Waals surface area contributed by atoms with Crippen molar-refractivity contribution in [1.29, 1.82) is 0 Å². The zero-order valence-electron chi connectivity index (χ0n) is 7.04. The minimum atomic E-state index is 1.01. The molecule has 0 fully saturated rings. The number of rotatable bonds is 4. The first kappa shape index (κ1) is 8.20. The second-order valence-corrected chi connectivity index (χ2v) is 2.87. The average Bonchev–Trinajstić information content (AvgIpc) is 2.39. The van der Waals surface area contributed by atoms with E-state index >= 15 is 0 Å². The molecule has 0 aliphatic carbocycles. The highest BCUT2D eigenvalue weighted by molar-refractivity contribution is 4.89. The molecular formula is C7H14N4. The number of hydrogen-bond acceptors (Lipinski definition) is 3. The van der Waals surface area contributed by atoms with Crippen LogP contribution in [0.15, 0.2) is 6.20 Å². The molecule has 0 saturated heterocycles. The summed E-state index contributed by atoms with van der Waals surface area (Å²) in [6.07, 6.45) is 3.92. The minimum Gasteiger partial charge on any atom is -0.309 e. The Morgan fingerprint density at radius 2 is 2.36 bits per heavy atom. The SMILES string of the molecule is CN(C)CCCc1cn[nH]n1. The lowest BCUT2D eigenvalue weighted by atomic mass is 10.2. The fraction of sp³-hybridized carbons (Fsp3) is 0.714. The number of nitrogens with zero attached hydrogens (tertiary/aromatic N) is 3. The lowest BCUT2D eigenvalue weighted by Gasteiger charge is -2.06. The molecule has 11 heavy (non-hydrogen) atoms. The molecule has 0 unspecified atom stereocenters. The van der Waals surface area contributed by atoms with Gasteiger partial charge in [-0.15, -0.1) is 0 Å². The molecule has 1 aromatic heterocycles. The van der Waals surface area contributed by atoms with E-state index in [-0.39, 0.29) is 0 Å². The van der Waals surface area contributed by atoms with Gasteiger partial charge in [0.2, 0.25) is 0 Å². The fourth-order valence-corrected chi connectivity index (χ4v) is 0.922. The van der Waals surface area contributed by atoms with Gasteiger partial charge in [-0.05, 0) is 33.5 Å². The Morgan fingerprint density at radius 1 is 1.55 bits per heavy atom. The standard InChI is InChI=1S/C7H14N4/c1-11(2)5-3-4-7-6-8-10-9-7/h6H,3-5H2,1-2H3,(H,8,9,10). The van der Waals surface area contributed by atoms with Gasteiger partial charge < -0.3 is 4.90 Å². The fourth-order valence-electron chi connectivity index (χ4n) is 0.922. The number of aryl methyl sites for hydroxylation is 1. The largest absolute Gasteiger partial charge is 0.309 e. The van der Waals surface area contributed by atoms with E-state index in [1.54, 1.807) is 6.20 Å². The molecule has 0 bridgehead atoms. The molecule has 4 heteroatoms. The first-order chi connectivity index (χ1) is 5.29. The molecule has 0 radical (unpaired) electrons. The van der Waals surface area contributed by atoms with Gasteiger partial charge in [0.15, 0.2) is 0 Å². The third-order valence-electron chi connectivity index (χ3n) is 1.50. The maximum atomic E-state index is 3.96. The molecule has 0 aromatic carbocycles. The molecular weight excluding hydrogens is 140 g/mol. The van der Waals surface area contributed by atoms with Crippen LogP contribution in [-0.2, 0) is 6.42 Å². The van der Waals surface area contributed by atoms with Crippen LogP contribution in [0.2, 0.25) is 0 Å². The maximum Gasteiger partial charge on any atom is 0.0825 e. The van der Waals surface area contributed by atoms with Crippen LogP contribution in [0.25, 0.3) is 0 Å². The summed E-state index contributed by atoms with van der Waals surface area (Å²) >= 11 is 0. The van der Waals surface area contributed by atoms with Crippen LogP contribution in [-0.4, -0.2) is 41.0 Å². The lowest BCUT2D eigenvalue weighted by molar-refractivity contribution is 0.399. The monoisotopic (exact) mass is 154 g/mol. The summed E-state index contributed by atoms with van der Waals surface area (Å²) in [5, 5.41) is 10.3. The summed E-state index contributed by atoms with van der Waals surface area (Å²) in [5.41, 5.74) is 1.05. The van der Waals surface area contributed by atoms with E-state index in [9.17, 15) is 0 Å². The third-order valence-corrected chi connectivity index (χ3v) is 1.50. The Morgan fingerprint density at radius 3 is 2.91 bits per heavy atom. The molecule has 1 heterocycles. The molecule has 1 rings (SSSR count). The normalized spacial score (nSPS) is 10.8. The van der Waals surface area contributed by atoms with Crippen molar-refractivity contribution >= 4 is 0 Å². The summed E-state index contributed by atoms with van der Waals surface area (Å²) in [7, 11) is 4.14. The van der Waals surface area contributed by atoms with E-state index in [4.69, 9.17) is 0 Å². The van der Waals surface area contributed by atoms with Crippen molar-refractivity contribution < 1.29 is 0 Å². The van der Waals surface area contributed by atoms with Gasteiger partial charge in [0.1, 0.15) is 0 Å². The van der Waals surface area contributed by atoms with E-state index in [0.717, 1.165) is 25.1 Å². The molecule has 4 nitrogen and oxygen atoms in total. The van der Waals surface area contributed by atoms with Crippen molar-refractivity contribution in [3.63, 3.8) is 0 Å². The molecule has 0 spiro atoms. The first-order valence-electron chi connectivity index (χ1n) is 3.78. The highest BCUT2D eigenvalue weighted by Gasteiger charge is 1.95. The van der Waals surface area contributed by atoms with Crippen LogP contribution in [0, 0.1) is 0 Å². The summed E-state index contributed by atoms with van der Waals surface area (Å²) in [6.45, 7) is 1.10. The van der Waals surface area contributed by atoms with Crippen molar-refractivity contribution in [2.24, 2.45) is 0 Å². The number of hydrogen-bond donors (Lipinski definition) is 1. The summed E-state index contributed by atoms with van der Waals surface area (Å²) in [6, 6.07) is 0. The maximum absolute atomic E-state index is 3.96. The van der Waals surface area contributed by atoms with Gasteiger partial charge in [0.25, 0.3) is 0 Å². The number of aromatic amines is 1. The minimum absolute atomic E-state index is 1.01. The summed E-state index contributed by atoms with van der Waals surface area (Å²) < 4.78 is 0. The van der Waals surface area contributed by atoms with Gasteiger partial charge >= 0.3 is 0 Å².